The van der Waals surface area contributed by atoms with Gasteiger partial charge in [-0.25, -0.2) is 9.78 Å². The van der Waals surface area contributed by atoms with Crippen molar-refractivity contribution in [2.24, 2.45) is 50.5 Å². The summed E-state index contributed by atoms with van der Waals surface area (Å²) in [6, 6.07) is -4.96. The second kappa shape index (κ2) is 44.3. The molecule has 6 rings (SSSR count). The van der Waals surface area contributed by atoms with Gasteiger partial charge in [-0.1, -0.05) is 44.2 Å². The highest BCUT2D eigenvalue weighted by Crippen LogP contribution is 2.27. The highest BCUT2D eigenvalue weighted by atomic mass is 32.2. The van der Waals surface area contributed by atoms with E-state index in [0.717, 1.165) is 0 Å². The predicted molar refractivity (Wildman–Crippen MR) is 397 cm³/mol. The predicted octanol–water partition coefficient (Wildman–Crippen LogP) is -4.36. The average Bonchev–Trinajstić information content (AvgIpc) is 1.65. The molecular weight excluding hydrogens is 1420 g/mol. The first-order chi connectivity index (χ1) is 51.6. The highest BCUT2D eigenvalue weighted by molar-refractivity contribution is 7.98. The van der Waals surface area contributed by atoms with Gasteiger partial charge < -0.3 is 106 Å². The van der Waals surface area contributed by atoms with E-state index in [-0.39, 0.29) is 159 Å². The van der Waals surface area contributed by atoms with E-state index in [0.29, 0.717) is 55.5 Å². The van der Waals surface area contributed by atoms with E-state index in [1.54, 1.807) is 44.2 Å². The number of ketones is 1. The molecule has 1 aromatic heterocycles. The van der Waals surface area contributed by atoms with Gasteiger partial charge >= 0.3 is 5.97 Å². The minimum absolute atomic E-state index is 0.00358. The zero-order valence-electron chi connectivity index (χ0n) is 61.6. The topological polar surface area (TPSA) is 581 Å². The van der Waals surface area contributed by atoms with Crippen LogP contribution in [-0.4, -0.2) is 260 Å². The van der Waals surface area contributed by atoms with E-state index in [1.165, 1.54) is 39.0 Å². The molecule has 4 aliphatic rings. The maximum atomic E-state index is 14.5. The lowest BCUT2D eigenvalue weighted by Crippen LogP contribution is -2.61. The number of aromatic nitrogens is 2. The summed E-state index contributed by atoms with van der Waals surface area (Å²) in [5, 5.41) is 44.5. The Morgan fingerprint density at radius 3 is 1.70 bits per heavy atom. The number of amides is 12. The van der Waals surface area contributed by atoms with Gasteiger partial charge in [0.05, 0.1) is 25.5 Å². The number of thioether (sulfide) groups is 1. The van der Waals surface area contributed by atoms with Crippen molar-refractivity contribution in [1.29, 1.82) is 0 Å². The first kappa shape index (κ1) is 86.9. The summed E-state index contributed by atoms with van der Waals surface area (Å²) in [5.41, 5.74) is 29.0. The Morgan fingerprint density at radius 1 is 0.611 bits per heavy atom. The molecule has 4 saturated heterocycles. The quantitative estimate of drug-likeness (QED) is 0.0169. The molecule has 5 heterocycles. The third-order valence-electron chi connectivity index (χ3n) is 19.2. The van der Waals surface area contributed by atoms with Crippen molar-refractivity contribution in [2.45, 2.75) is 209 Å². The van der Waals surface area contributed by atoms with Gasteiger partial charge in [-0.3, -0.25) is 72.3 Å². The largest absolute Gasteiger partial charge is 0.480 e. The number of aromatic amines is 1. The summed E-state index contributed by atoms with van der Waals surface area (Å²) < 4.78 is 0. The van der Waals surface area contributed by atoms with Crippen molar-refractivity contribution in [2.75, 3.05) is 64.4 Å². The van der Waals surface area contributed by atoms with Crippen LogP contribution in [0.4, 0.5) is 0 Å². The molecule has 12 amide bonds. The first-order valence-corrected chi connectivity index (χ1v) is 38.3. The summed E-state index contributed by atoms with van der Waals surface area (Å²) in [4.78, 5) is 214. The molecule has 2 aromatic rings. The number of Topliss-reactive ketones (excluding diaryl/α,β-unsaturated/α-hetero) is 1. The molecule has 0 radical (unpaired) electrons. The normalized spacial score (nSPS) is 19.0. The fourth-order valence-corrected chi connectivity index (χ4v) is 14.0. The van der Waals surface area contributed by atoms with Gasteiger partial charge in [0.25, 0.3) is 0 Å². The molecular formula is C70H109N21O16S. The van der Waals surface area contributed by atoms with Crippen LogP contribution >= 0.6 is 11.8 Å². The van der Waals surface area contributed by atoms with Gasteiger partial charge in [0.1, 0.15) is 60.4 Å². The molecule has 12 atom stereocenters. The molecule has 4 aliphatic heterocycles. The van der Waals surface area contributed by atoms with Crippen molar-refractivity contribution >= 4 is 106 Å². The van der Waals surface area contributed by atoms with Crippen LogP contribution in [0.1, 0.15) is 141 Å². The second-order valence-electron chi connectivity index (χ2n) is 27.9. The number of aliphatic hydroxyl groups excluding tert-OH is 1. The zero-order valence-corrected chi connectivity index (χ0v) is 62.5. The van der Waals surface area contributed by atoms with Crippen molar-refractivity contribution in [3.63, 3.8) is 0 Å². The minimum atomic E-state index is -1.76. The lowest BCUT2D eigenvalue weighted by Gasteiger charge is -2.31. The molecule has 596 valence electrons. The molecule has 0 bridgehead atoms. The molecule has 1 aromatic carbocycles. The number of benzene rings is 1. The second-order valence-corrected chi connectivity index (χ2v) is 28.9. The molecule has 0 aliphatic carbocycles. The number of aliphatic hydroxyl groups is 1. The maximum Gasteiger partial charge on any atom is 0.326 e. The summed E-state index contributed by atoms with van der Waals surface area (Å²) in [5.74, 6) is -11.3. The van der Waals surface area contributed by atoms with Crippen molar-refractivity contribution < 1.29 is 77.3 Å². The van der Waals surface area contributed by atoms with Crippen LogP contribution in [0.2, 0.25) is 0 Å². The fourth-order valence-electron chi connectivity index (χ4n) is 13.6. The van der Waals surface area contributed by atoms with Gasteiger partial charge in [0, 0.05) is 76.2 Å². The Balaban J connectivity index is 1.10. The smallest absolute Gasteiger partial charge is 0.326 e. The molecule has 108 heavy (non-hydrogen) atoms. The Bertz CT molecular complexity index is 3470. The van der Waals surface area contributed by atoms with Crippen LogP contribution in [0.25, 0.3) is 0 Å². The number of likely N-dealkylation sites (tertiary alicyclic amines) is 3. The van der Waals surface area contributed by atoms with Crippen molar-refractivity contribution in [3.05, 3.63) is 54.1 Å². The highest BCUT2D eigenvalue weighted by Gasteiger charge is 2.44. The Labute approximate surface area is 631 Å². The summed E-state index contributed by atoms with van der Waals surface area (Å²) in [6.07, 6.45) is 7.74. The molecule has 22 N–H and O–H groups in total. The van der Waals surface area contributed by atoms with Gasteiger partial charge in [-0.2, -0.15) is 11.8 Å². The number of hydrogen-bond acceptors (Lipinski definition) is 20. The molecule has 4 fully saturated rings. The number of unbranched alkanes of at least 4 members (excludes halogenated alkanes) is 1. The van der Waals surface area contributed by atoms with E-state index in [4.69, 9.17) is 28.7 Å². The zero-order chi connectivity index (χ0) is 79.0. The number of guanidine groups is 2. The average molecular weight is 1530 g/mol. The Kier molecular flexibility index (Phi) is 35.7. The molecule has 38 heteroatoms. The number of hydrogen-bond donors (Lipinski definition) is 17. The number of nitrogens with zero attached hydrogens (tertiary/aromatic N) is 6. The third-order valence-corrected chi connectivity index (χ3v) is 19.8. The lowest BCUT2D eigenvalue weighted by molar-refractivity contribution is -0.145. The summed E-state index contributed by atoms with van der Waals surface area (Å²) in [7, 11) is 0. The Hall–Kier alpha value is -9.98. The van der Waals surface area contributed by atoms with Gasteiger partial charge in [0.15, 0.2) is 17.7 Å². The van der Waals surface area contributed by atoms with Gasteiger partial charge in [-0.05, 0) is 133 Å². The minimum Gasteiger partial charge on any atom is -0.480 e. The number of carboxylic acid groups (broad SMARTS) is 1. The Morgan fingerprint density at radius 2 is 1.14 bits per heavy atom. The van der Waals surface area contributed by atoms with E-state index in [1.807, 2.05) is 6.26 Å². The van der Waals surface area contributed by atoms with Crippen LogP contribution in [0, 0.1) is 11.8 Å². The van der Waals surface area contributed by atoms with Crippen LogP contribution in [0.15, 0.2) is 52.8 Å². The summed E-state index contributed by atoms with van der Waals surface area (Å²) in [6.45, 7) is 2.69. The number of rotatable bonds is 45. The van der Waals surface area contributed by atoms with Crippen molar-refractivity contribution in [1.82, 2.24) is 72.5 Å². The van der Waals surface area contributed by atoms with Crippen molar-refractivity contribution in [3.8, 4) is 0 Å². The molecule has 0 spiro atoms. The number of H-pyrrole nitrogens is 1. The van der Waals surface area contributed by atoms with E-state index >= 15 is 0 Å². The number of nitrogens with two attached hydrogens (primary N) is 5. The number of carbonyl (C=O) groups is 14. The van der Waals surface area contributed by atoms with E-state index in [9.17, 15) is 77.3 Å². The number of carboxylic acids is 1. The maximum absolute atomic E-state index is 14.5. The monoisotopic (exact) mass is 1530 g/mol. The first-order valence-electron chi connectivity index (χ1n) is 36.9. The standard InChI is InChI=1S/C70H109N21O16S/c1-40(2)32-48(85-59(97)46(18-10-27-78-70(74)75)83-64(102)53-20-12-29-90(53)66(104)42(16-9-26-77-69(72)73)34-55(93)44-22-23-56(94)81-44)60(98)88-51(38-92)62(100)86-49(35-43-36-76-39-80-43)61(99)82-45(17-7-8-25-71)58(96)79-37-57(95)89-28-11-19-52(89)63(101)84-47(24-31-108-3)67(105)91-30-13-21-54(91)65(103)87-50(68(106)107)33-41-14-5-4-6-15-41/h4-6,14-15,36,39-40,42,44-54,92H,7-13,16-35,37-38,71H2,1-3H3,(H,76,80)(H,79,96)(H,81,94)(H,82,99)(H,83,102)(H,84,101)(H,85,97)(H,86,100)(H,87,103)(H,88,98)(H,106,107)(H4,72,73,77)(H4,74,75,78). The SMILES string of the molecule is CSCCC(NC(=O)C1CCCN1C(=O)CNC(=O)C(CCCCN)NC(=O)C(Cc1cnc[nH]1)NC(=O)C(CO)NC(=O)C(CC(C)C)NC(=O)C(CCCN=C(N)N)NC(=O)C1CCCN1C(=O)C(CCCN=C(N)N)CC(=O)C1CCC(=O)N1)C(=O)N1CCCC1C(=O)NC(Cc1ccccc1)C(=O)O. The summed E-state index contributed by atoms with van der Waals surface area (Å²) >= 11 is 1.42. The lowest BCUT2D eigenvalue weighted by atomic mass is 9.92. The van der Waals surface area contributed by atoms with Gasteiger partial charge in [0.2, 0.25) is 70.9 Å². The molecule has 12 unspecified atom stereocenters. The number of aliphatic carboxylic acids is 1. The van der Waals surface area contributed by atoms with E-state index in [2.05, 4.69) is 67.8 Å². The number of carbonyl (C=O) groups excluding carboxylic acids is 13. The number of nitrogens with one attached hydrogen (secondary N) is 10. The third kappa shape index (κ3) is 27.4. The fraction of sp³-hybridized carbons (Fsp3) is 0.643. The van der Waals surface area contributed by atoms with Crippen LogP contribution in [0.3, 0.4) is 0 Å². The van der Waals surface area contributed by atoms with Gasteiger partial charge in [-0.15, -0.1) is 0 Å². The van der Waals surface area contributed by atoms with E-state index < -0.39 is 156 Å². The van der Waals surface area contributed by atoms with Crippen LogP contribution in [-0.2, 0) is 80.0 Å². The number of aliphatic imine (C=N–C) groups is 2. The van der Waals surface area contributed by atoms with Crippen LogP contribution < -0.4 is 76.5 Å². The molecule has 0 saturated carbocycles. The van der Waals surface area contributed by atoms with Crippen LogP contribution in [0.5, 0.6) is 0 Å². The number of imidazole rings is 1. The molecule has 37 nitrogen and oxygen atoms in total.